The van der Waals surface area contributed by atoms with Gasteiger partial charge in [-0.3, -0.25) is 9.97 Å². The smallest absolute Gasteiger partial charge is 0.0964 e. The quantitative estimate of drug-likeness (QED) is 0.235. The number of aryl methyl sites for hydroxylation is 1. The summed E-state index contributed by atoms with van der Waals surface area (Å²) in [6, 6.07) is 40.9. The summed E-state index contributed by atoms with van der Waals surface area (Å²) in [5.74, 6) is 0. The maximum atomic E-state index is 4.82. The minimum Gasteiger partial charge on any atom is -0.306 e. The van der Waals surface area contributed by atoms with Crippen molar-refractivity contribution in [2.24, 2.45) is 0 Å². The van der Waals surface area contributed by atoms with E-state index in [9.17, 15) is 0 Å². The highest BCUT2D eigenvalue weighted by atomic mass is 15.3. The molecule has 1 aliphatic heterocycles. The Morgan fingerprint density at radius 1 is 0.525 bits per heavy atom. The molecule has 0 atom stereocenters. The lowest BCUT2D eigenvalue weighted by Crippen LogP contribution is -2.23. The van der Waals surface area contributed by atoms with E-state index in [-0.39, 0.29) is 0 Å². The first kappa shape index (κ1) is 22.6. The normalized spacial score (nSPS) is 12.5. The Balaban J connectivity index is 1.37. The van der Waals surface area contributed by atoms with E-state index >= 15 is 0 Å². The molecular weight excluding hydrogens is 490 g/mol. The number of anilines is 6. The van der Waals surface area contributed by atoms with Crippen LogP contribution in [0.3, 0.4) is 0 Å². The van der Waals surface area contributed by atoms with E-state index in [0.29, 0.717) is 0 Å². The van der Waals surface area contributed by atoms with Gasteiger partial charge in [-0.05, 0) is 85.8 Å². The Morgan fingerprint density at radius 3 is 1.80 bits per heavy atom. The molecule has 0 saturated heterocycles. The van der Waals surface area contributed by atoms with Crippen molar-refractivity contribution in [3.63, 3.8) is 0 Å². The second-order valence-electron chi connectivity index (χ2n) is 10.1. The number of rotatable bonds is 3. The van der Waals surface area contributed by atoms with Crippen LogP contribution in [0.1, 0.15) is 5.56 Å². The van der Waals surface area contributed by atoms with Crippen LogP contribution in [0, 0.1) is 6.92 Å². The highest BCUT2D eigenvalue weighted by Gasteiger charge is 2.30. The van der Waals surface area contributed by atoms with Gasteiger partial charge in [0, 0.05) is 29.2 Å². The Labute approximate surface area is 232 Å². The molecule has 40 heavy (non-hydrogen) atoms. The van der Waals surface area contributed by atoms with Crippen molar-refractivity contribution in [2.75, 3.05) is 9.80 Å². The highest BCUT2D eigenvalue weighted by molar-refractivity contribution is 6.09. The largest absolute Gasteiger partial charge is 0.306 e. The van der Waals surface area contributed by atoms with E-state index < -0.39 is 0 Å². The van der Waals surface area contributed by atoms with Gasteiger partial charge >= 0.3 is 0 Å². The molecule has 190 valence electrons. The van der Waals surface area contributed by atoms with Crippen LogP contribution in [-0.2, 0) is 0 Å². The van der Waals surface area contributed by atoms with Crippen LogP contribution in [-0.4, -0.2) is 14.5 Å². The Kier molecular flexibility index (Phi) is 4.97. The summed E-state index contributed by atoms with van der Waals surface area (Å²) in [7, 11) is 0. The van der Waals surface area contributed by atoms with E-state index in [2.05, 4.69) is 129 Å². The second-order valence-corrected chi connectivity index (χ2v) is 10.1. The van der Waals surface area contributed by atoms with Crippen molar-refractivity contribution in [3.05, 3.63) is 139 Å². The van der Waals surface area contributed by atoms with Crippen LogP contribution < -0.4 is 9.80 Å². The first-order chi connectivity index (χ1) is 19.8. The van der Waals surface area contributed by atoms with E-state index in [1.807, 2.05) is 24.5 Å². The number of fused-ring (bicyclic) bond motifs is 5. The van der Waals surface area contributed by atoms with E-state index in [1.165, 1.54) is 5.56 Å². The third-order valence-corrected chi connectivity index (χ3v) is 7.69. The molecule has 0 aliphatic carbocycles. The molecule has 0 unspecified atom stereocenters. The van der Waals surface area contributed by atoms with Crippen LogP contribution in [0.25, 0.3) is 27.6 Å². The van der Waals surface area contributed by atoms with Crippen LogP contribution in [0.4, 0.5) is 34.1 Å². The van der Waals surface area contributed by atoms with Gasteiger partial charge in [0.1, 0.15) is 0 Å². The third kappa shape index (κ3) is 3.34. The maximum absolute atomic E-state index is 4.82. The Bertz CT molecular complexity index is 1980. The van der Waals surface area contributed by atoms with Crippen molar-refractivity contribution in [3.8, 4) is 5.69 Å². The molecule has 0 spiro atoms. The number of para-hydroxylation sites is 4. The number of pyridine rings is 2. The van der Waals surface area contributed by atoms with Crippen molar-refractivity contribution in [1.29, 1.82) is 0 Å². The molecule has 0 saturated carbocycles. The van der Waals surface area contributed by atoms with Gasteiger partial charge in [-0.2, -0.15) is 0 Å². The van der Waals surface area contributed by atoms with Gasteiger partial charge in [0.05, 0.1) is 51.2 Å². The second kappa shape index (κ2) is 8.82. The fourth-order valence-corrected chi connectivity index (χ4v) is 5.92. The van der Waals surface area contributed by atoms with Gasteiger partial charge in [0.25, 0.3) is 0 Å². The van der Waals surface area contributed by atoms with Gasteiger partial charge in [-0.1, -0.05) is 42.0 Å². The van der Waals surface area contributed by atoms with Gasteiger partial charge < -0.3 is 14.4 Å². The average molecular weight is 516 g/mol. The maximum Gasteiger partial charge on any atom is 0.0964 e. The van der Waals surface area contributed by atoms with Gasteiger partial charge in [-0.15, -0.1) is 0 Å². The fraction of sp³-hybridized carbons (Fsp3) is 0.0286. The summed E-state index contributed by atoms with van der Waals surface area (Å²) in [5, 5.41) is 1.10. The molecule has 4 aromatic carbocycles. The molecule has 5 heteroatoms. The monoisotopic (exact) mass is 515 g/mol. The summed E-state index contributed by atoms with van der Waals surface area (Å²) in [6.45, 7) is 2.12. The van der Waals surface area contributed by atoms with Crippen LogP contribution in [0.2, 0.25) is 0 Å². The molecule has 1 aliphatic rings. The number of aromatic nitrogens is 3. The molecule has 0 N–H and O–H groups in total. The van der Waals surface area contributed by atoms with Crippen molar-refractivity contribution >= 4 is 56.1 Å². The van der Waals surface area contributed by atoms with Crippen molar-refractivity contribution < 1.29 is 0 Å². The molecule has 4 heterocycles. The SMILES string of the molecule is Cc1ccc(N2c3ccccc3N(c3ccc4c(c3)c3ncccc3n4-c3cccnc3)c3ccccc32)cc1. The standard InChI is InChI=1S/C35H25N5/c1-24-14-16-25(17-15-24)38-30-9-2-4-11-32(30)39(33-12-5-3-10-31(33)38)26-18-19-29-28(22-26)35-34(13-7-21-37-35)40(29)27-8-6-20-36-23-27/h2-23H,1H3. The molecule has 0 amide bonds. The van der Waals surface area contributed by atoms with Crippen LogP contribution >= 0.6 is 0 Å². The van der Waals surface area contributed by atoms with Crippen molar-refractivity contribution in [2.45, 2.75) is 6.92 Å². The highest BCUT2D eigenvalue weighted by Crippen LogP contribution is 2.54. The summed E-state index contributed by atoms with van der Waals surface area (Å²) in [5.41, 5.74) is 12.2. The number of hydrogen-bond donors (Lipinski definition) is 0. The molecular formula is C35H25N5. The first-order valence-electron chi connectivity index (χ1n) is 13.4. The van der Waals surface area contributed by atoms with Gasteiger partial charge in [-0.25, -0.2) is 0 Å². The summed E-state index contributed by atoms with van der Waals surface area (Å²) in [4.78, 5) is 13.9. The number of hydrogen-bond acceptors (Lipinski definition) is 4. The van der Waals surface area contributed by atoms with Gasteiger partial charge in [0.2, 0.25) is 0 Å². The predicted octanol–water partition coefficient (Wildman–Crippen LogP) is 9.14. The lowest BCUT2D eigenvalue weighted by Gasteiger charge is -2.40. The molecule has 3 aromatic heterocycles. The molecule has 0 radical (unpaired) electrons. The molecule has 0 bridgehead atoms. The Morgan fingerprint density at radius 2 is 1.15 bits per heavy atom. The van der Waals surface area contributed by atoms with Crippen LogP contribution in [0.5, 0.6) is 0 Å². The third-order valence-electron chi connectivity index (χ3n) is 7.69. The van der Waals surface area contributed by atoms with Crippen LogP contribution in [0.15, 0.2) is 134 Å². The number of nitrogens with zero attached hydrogens (tertiary/aromatic N) is 5. The topological polar surface area (TPSA) is 37.2 Å². The summed E-state index contributed by atoms with van der Waals surface area (Å²) >= 11 is 0. The minimum absolute atomic E-state index is 0.975. The van der Waals surface area contributed by atoms with Gasteiger partial charge in [0.15, 0.2) is 0 Å². The zero-order chi connectivity index (χ0) is 26.6. The summed E-state index contributed by atoms with van der Waals surface area (Å²) in [6.07, 6.45) is 5.57. The van der Waals surface area contributed by atoms with E-state index in [0.717, 1.165) is 61.7 Å². The molecule has 7 aromatic rings. The number of benzene rings is 4. The van der Waals surface area contributed by atoms with E-state index in [4.69, 9.17) is 4.98 Å². The molecule has 8 rings (SSSR count). The predicted molar refractivity (Wildman–Crippen MR) is 164 cm³/mol. The van der Waals surface area contributed by atoms with E-state index in [1.54, 1.807) is 6.20 Å². The fourth-order valence-electron chi connectivity index (χ4n) is 5.92. The Hall–Kier alpha value is -5.42. The zero-order valence-electron chi connectivity index (χ0n) is 21.9. The minimum atomic E-state index is 0.975. The summed E-state index contributed by atoms with van der Waals surface area (Å²) < 4.78 is 2.24. The molecule has 0 fully saturated rings. The lowest BCUT2D eigenvalue weighted by atomic mass is 10.0. The first-order valence-corrected chi connectivity index (χ1v) is 13.4. The zero-order valence-corrected chi connectivity index (χ0v) is 21.9. The van der Waals surface area contributed by atoms with Crippen molar-refractivity contribution in [1.82, 2.24) is 14.5 Å². The lowest BCUT2D eigenvalue weighted by molar-refractivity contribution is 1.14. The molecule has 5 nitrogen and oxygen atoms in total. The average Bonchev–Trinajstić information content (AvgIpc) is 3.34.